The van der Waals surface area contributed by atoms with E-state index in [2.05, 4.69) is 10.3 Å². The summed E-state index contributed by atoms with van der Waals surface area (Å²) in [5, 5.41) is 11.8. The minimum atomic E-state index is -0.886. The molecule has 1 amide bonds. The molecule has 6 heteroatoms. The van der Waals surface area contributed by atoms with Crippen LogP contribution in [0.4, 0.5) is 4.39 Å². The van der Waals surface area contributed by atoms with Gasteiger partial charge in [-0.2, -0.15) is 0 Å². The Bertz CT molecular complexity index is 498. The van der Waals surface area contributed by atoms with E-state index in [-0.39, 0.29) is 12.1 Å². The third kappa shape index (κ3) is 2.89. The van der Waals surface area contributed by atoms with Gasteiger partial charge in [0.2, 0.25) is 0 Å². The summed E-state index contributed by atoms with van der Waals surface area (Å²) in [6.07, 6.45) is 5.08. The zero-order valence-corrected chi connectivity index (χ0v) is 10.4. The van der Waals surface area contributed by atoms with Gasteiger partial charge in [-0.25, -0.2) is 4.39 Å². The molecule has 0 aliphatic heterocycles. The molecule has 0 atom stereocenters. The summed E-state index contributed by atoms with van der Waals surface area (Å²) >= 11 is 0. The van der Waals surface area contributed by atoms with Crippen LogP contribution in [0.15, 0.2) is 18.5 Å². The van der Waals surface area contributed by atoms with Crippen molar-refractivity contribution in [3.63, 3.8) is 0 Å². The fourth-order valence-electron chi connectivity index (χ4n) is 2.41. The molecule has 0 spiro atoms. The first-order chi connectivity index (χ1) is 9.03. The number of halogens is 1. The number of hydrogen-bond acceptors (Lipinski definition) is 3. The SMILES string of the molecule is O=C(NCC1(C(=O)O)CCCC1)c1cncc(F)c1. The van der Waals surface area contributed by atoms with Crippen LogP contribution >= 0.6 is 0 Å². The van der Waals surface area contributed by atoms with Gasteiger partial charge in [0.05, 0.1) is 17.2 Å². The van der Waals surface area contributed by atoms with E-state index < -0.39 is 23.1 Å². The first-order valence-electron chi connectivity index (χ1n) is 6.16. The Morgan fingerprint density at radius 3 is 2.63 bits per heavy atom. The third-order valence-corrected chi connectivity index (χ3v) is 3.57. The van der Waals surface area contributed by atoms with Crippen molar-refractivity contribution in [1.29, 1.82) is 0 Å². The molecule has 2 rings (SSSR count). The Kier molecular flexibility index (Phi) is 3.78. The molecule has 1 aromatic heterocycles. The van der Waals surface area contributed by atoms with Gasteiger partial charge in [-0.1, -0.05) is 12.8 Å². The van der Waals surface area contributed by atoms with Gasteiger partial charge < -0.3 is 10.4 Å². The molecule has 1 aromatic rings. The Morgan fingerprint density at radius 1 is 1.37 bits per heavy atom. The van der Waals surface area contributed by atoms with Gasteiger partial charge in [-0.15, -0.1) is 0 Å². The zero-order valence-electron chi connectivity index (χ0n) is 10.4. The summed E-state index contributed by atoms with van der Waals surface area (Å²) in [7, 11) is 0. The largest absolute Gasteiger partial charge is 0.481 e. The van der Waals surface area contributed by atoms with Crippen LogP contribution in [-0.2, 0) is 4.79 Å². The lowest BCUT2D eigenvalue weighted by atomic mass is 9.86. The highest BCUT2D eigenvalue weighted by Crippen LogP contribution is 2.37. The summed E-state index contributed by atoms with van der Waals surface area (Å²) in [4.78, 5) is 26.7. The molecule has 1 aliphatic carbocycles. The third-order valence-electron chi connectivity index (χ3n) is 3.57. The van der Waals surface area contributed by atoms with Gasteiger partial charge in [0, 0.05) is 12.7 Å². The Labute approximate surface area is 109 Å². The van der Waals surface area contributed by atoms with Crippen LogP contribution in [-0.4, -0.2) is 28.5 Å². The van der Waals surface area contributed by atoms with E-state index in [9.17, 15) is 19.1 Å². The predicted octanol–water partition coefficient (Wildman–Crippen LogP) is 1.60. The molecule has 0 unspecified atom stereocenters. The van der Waals surface area contributed by atoms with Crippen molar-refractivity contribution < 1.29 is 19.1 Å². The van der Waals surface area contributed by atoms with Gasteiger partial charge >= 0.3 is 5.97 Å². The molecule has 2 N–H and O–H groups in total. The van der Waals surface area contributed by atoms with Crippen LogP contribution in [0.1, 0.15) is 36.0 Å². The van der Waals surface area contributed by atoms with E-state index in [1.807, 2.05) is 0 Å². The number of carboxylic acids is 1. The van der Waals surface area contributed by atoms with Crippen LogP contribution in [0.3, 0.4) is 0 Å². The van der Waals surface area contributed by atoms with Crippen LogP contribution in [0.5, 0.6) is 0 Å². The number of aliphatic carboxylic acids is 1. The fraction of sp³-hybridized carbons (Fsp3) is 0.462. The monoisotopic (exact) mass is 266 g/mol. The minimum absolute atomic E-state index is 0.0671. The van der Waals surface area contributed by atoms with Crippen molar-refractivity contribution in [2.75, 3.05) is 6.54 Å². The van der Waals surface area contributed by atoms with Crippen LogP contribution < -0.4 is 5.32 Å². The molecular formula is C13H15FN2O3. The topological polar surface area (TPSA) is 79.3 Å². The van der Waals surface area contributed by atoms with Crippen molar-refractivity contribution in [2.45, 2.75) is 25.7 Å². The van der Waals surface area contributed by atoms with Gasteiger partial charge in [0.25, 0.3) is 5.91 Å². The Morgan fingerprint density at radius 2 is 2.05 bits per heavy atom. The van der Waals surface area contributed by atoms with E-state index in [1.54, 1.807) is 0 Å². The normalized spacial score (nSPS) is 17.1. The first-order valence-corrected chi connectivity index (χ1v) is 6.16. The number of nitrogens with one attached hydrogen (secondary N) is 1. The fourth-order valence-corrected chi connectivity index (χ4v) is 2.41. The smallest absolute Gasteiger partial charge is 0.311 e. The number of aromatic nitrogens is 1. The molecule has 19 heavy (non-hydrogen) atoms. The second kappa shape index (κ2) is 5.34. The maximum absolute atomic E-state index is 12.9. The summed E-state index contributed by atoms with van der Waals surface area (Å²) in [5.41, 5.74) is -0.783. The molecule has 1 fully saturated rings. The van der Waals surface area contributed by atoms with Crippen molar-refractivity contribution in [1.82, 2.24) is 10.3 Å². The number of nitrogens with zero attached hydrogens (tertiary/aromatic N) is 1. The number of pyridine rings is 1. The molecule has 0 bridgehead atoms. The van der Waals surface area contributed by atoms with Crippen molar-refractivity contribution in [3.8, 4) is 0 Å². The lowest BCUT2D eigenvalue weighted by Gasteiger charge is -2.23. The second-order valence-electron chi connectivity index (χ2n) is 4.87. The molecule has 5 nitrogen and oxygen atoms in total. The quantitative estimate of drug-likeness (QED) is 0.867. The maximum atomic E-state index is 12.9. The lowest BCUT2D eigenvalue weighted by Crippen LogP contribution is -2.41. The number of amides is 1. The molecule has 1 saturated carbocycles. The van der Waals surface area contributed by atoms with Crippen LogP contribution in [0, 0.1) is 11.2 Å². The van der Waals surface area contributed by atoms with Gasteiger partial charge in [0.15, 0.2) is 0 Å². The molecule has 102 valence electrons. The molecule has 0 aromatic carbocycles. The summed E-state index contributed by atoms with van der Waals surface area (Å²) in [6.45, 7) is 0.0671. The molecule has 0 saturated heterocycles. The molecule has 1 heterocycles. The van der Waals surface area contributed by atoms with Crippen LogP contribution in [0.25, 0.3) is 0 Å². The Hall–Kier alpha value is -1.98. The second-order valence-corrected chi connectivity index (χ2v) is 4.87. The molecular weight excluding hydrogens is 251 g/mol. The average Bonchev–Trinajstić information content (AvgIpc) is 2.86. The minimum Gasteiger partial charge on any atom is -0.481 e. The standard InChI is InChI=1S/C13H15FN2O3/c14-10-5-9(6-15-7-10)11(17)16-8-13(12(18)19)3-1-2-4-13/h5-7H,1-4,8H2,(H,16,17)(H,18,19). The number of carbonyl (C=O) groups is 2. The summed E-state index contributed by atoms with van der Waals surface area (Å²) < 4.78 is 12.9. The lowest BCUT2D eigenvalue weighted by molar-refractivity contribution is -0.148. The average molecular weight is 266 g/mol. The number of carboxylic acid groups (broad SMARTS) is 1. The molecule has 1 aliphatic rings. The van der Waals surface area contributed by atoms with Crippen LogP contribution in [0.2, 0.25) is 0 Å². The van der Waals surface area contributed by atoms with Crippen molar-refractivity contribution >= 4 is 11.9 Å². The molecule has 0 radical (unpaired) electrons. The Balaban J connectivity index is 2.02. The van der Waals surface area contributed by atoms with E-state index in [0.29, 0.717) is 12.8 Å². The highest BCUT2D eigenvalue weighted by molar-refractivity contribution is 5.94. The predicted molar refractivity (Wildman–Crippen MR) is 65.1 cm³/mol. The number of rotatable bonds is 4. The summed E-state index contributed by atoms with van der Waals surface area (Å²) in [6, 6.07) is 1.07. The summed E-state index contributed by atoms with van der Waals surface area (Å²) in [5.74, 6) is -1.98. The van der Waals surface area contributed by atoms with E-state index in [0.717, 1.165) is 25.1 Å². The maximum Gasteiger partial charge on any atom is 0.311 e. The highest BCUT2D eigenvalue weighted by Gasteiger charge is 2.41. The number of hydrogen-bond donors (Lipinski definition) is 2. The van der Waals surface area contributed by atoms with Gasteiger partial charge in [-0.3, -0.25) is 14.6 Å². The van der Waals surface area contributed by atoms with E-state index in [1.165, 1.54) is 6.20 Å². The van der Waals surface area contributed by atoms with E-state index in [4.69, 9.17) is 0 Å². The highest BCUT2D eigenvalue weighted by atomic mass is 19.1. The number of carbonyl (C=O) groups excluding carboxylic acids is 1. The van der Waals surface area contributed by atoms with Gasteiger partial charge in [-0.05, 0) is 18.9 Å². The van der Waals surface area contributed by atoms with E-state index >= 15 is 0 Å². The van der Waals surface area contributed by atoms with Crippen molar-refractivity contribution in [3.05, 3.63) is 29.8 Å². The van der Waals surface area contributed by atoms with Gasteiger partial charge in [0.1, 0.15) is 5.82 Å². The zero-order chi connectivity index (χ0) is 13.9. The van der Waals surface area contributed by atoms with Crippen molar-refractivity contribution in [2.24, 2.45) is 5.41 Å². The first kappa shape index (κ1) is 13.5.